The van der Waals surface area contributed by atoms with E-state index in [0.717, 1.165) is 6.42 Å². The maximum atomic E-state index is 9.65. The smallest absolute Gasteiger partial charge is 0.0765 e. The molecular formula is C13H17NOS2. The molecule has 2 nitrogen and oxygen atoms in total. The Labute approximate surface area is 110 Å². The van der Waals surface area contributed by atoms with Crippen LogP contribution in [0.25, 0.3) is 0 Å². The highest BCUT2D eigenvalue weighted by Crippen LogP contribution is 2.28. The molecule has 2 rings (SSSR count). The number of hydrogen-bond acceptors (Lipinski definition) is 4. The number of rotatable bonds is 6. The summed E-state index contributed by atoms with van der Waals surface area (Å²) in [6, 6.07) is 8.63. The fourth-order valence-electron chi connectivity index (χ4n) is 1.65. The van der Waals surface area contributed by atoms with Crippen molar-refractivity contribution in [2.45, 2.75) is 25.5 Å². The highest BCUT2D eigenvalue weighted by Gasteiger charge is 2.16. The minimum Gasteiger partial charge on any atom is -0.392 e. The zero-order valence-electron chi connectivity index (χ0n) is 9.80. The maximum absolute atomic E-state index is 9.65. The molecule has 0 spiro atoms. The van der Waals surface area contributed by atoms with Crippen molar-refractivity contribution in [2.75, 3.05) is 6.54 Å². The van der Waals surface area contributed by atoms with Gasteiger partial charge in [0.15, 0.2) is 0 Å². The summed E-state index contributed by atoms with van der Waals surface area (Å²) in [5, 5.41) is 17.3. The molecule has 0 aliphatic carbocycles. The first-order valence-corrected chi connectivity index (χ1v) is 7.55. The summed E-state index contributed by atoms with van der Waals surface area (Å²) in [7, 11) is 0. The predicted octanol–water partition coefficient (Wildman–Crippen LogP) is 3.26. The Morgan fingerprint density at radius 2 is 1.76 bits per heavy atom. The van der Waals surface area contributed by atoms with Gasteiger partial charge >= 0.3 is 0 Å². The molecular weight excluding hydrogens is 250 g/mol. The molecule has 92 valence electrons. The summed E-state index contributed by atoms with van der Waals surface area (Å²) < 4.78 is 0. The van der Waals surface area contributed by atoms with E-state index in [1.54, 1.807) is 22.7 Å². The van der Waals surface area contributed by atoms with Gasteiger partial charge in [-0.2, -0.15) is 0 Å². The first-order valence-electron chi connectivity index (χ1n) is 5.79. The number of aliphatic hydroxyl groups is 1. The van der Waals surface area contributed by atoms with E-state index >= 15 is 0 Å². The normalized spacial score (nSPS) is 13.1. The second-order valence-corrected chi connectivity index (χ2v) is 5.89. The summed E-state index contributed by atoms with van der Waals surface area (Å²) in [6.45, 7) is 2.63. The molecule has 1 atom stereocenters. The van der Waals surface area contributed by atoms with Crippen molar-refractivity contribution in [3.63, 3.8) is 0 Å². The van der Waals surface area contributed by atoms with E-state index in [0.29, 0.717) is 6.54 Å². The van der Waals surface area contributed by atoms with Crippen molar-refractivity contribution in [1.29, 1.82) is 0 Å². The average Bonchev–Trinajstić information content (AvgIpc) is 3.01. The quantitative estimate of drug-likeness (QED) is 0.842. The molecule has 0 radical (unpaired) electrons. The maximum Gasteiger partial charge on any atom is 0.0765 e. The lowest BCUT2D eigenvalue weighted by Crippen LogP contribution is -2.29. The van der Waals surface area contributed by atoms with Crippen LogP contribution in [0.2, 0.25) is 0 Å². The van der Waals surface area contributed by atoms with E-state index in [-0.39, 0.29) is 12.1 Å². The lowest BCUT2D eigenvalue weighted by Gasteiger charge is -2.18. The summed E-state index contributed by atoms with van der Waals surface area (Å²) in [4.78, 5) is 2.60. The van der Waals surface area contributed by atoms with Gasteiger partial charge in [0.25, 0.3) is 0 Å². The SMILES string of the molecule is CCC(O)CNC(c1cccs1)c1cccs1. The number of hydrogen-bond donors (Lipinski definition) is 2. The summed E-state index contributed by atoms with van der Waals surface area (Å²) in [5.41, 5.74) is 0. The monoisotopic (exact) mass is 267 g/mol. The first kappa shape index (κ1) is 12.8. The second-order valence-electron chi connectivity index (χ2n) is 3.93. The van der Waals surface area contributed by atoms with Gasteiger partial charge < -0.3 is 10.4 Å². The average molecular weight is 267 g/mol. The van der Waals surface area contributed by atoms with Crippen molar-refractivity contribution < 1.29 is 5.11 Å². The Kier molecular flexibility index (Phi) is 4.74. The molecule has 2 aromatic rings. The fourth-order valence-corrected chi connectivity index (χ4v) is 3.36. The van der Waals surface area contributed by atoms with Crippen LogP contribution in [0.4, 0.5) is 0 Å². The largest absolute Gasteiger partial charge is 0.392 e. The van der Waals surface area contributed by atoms with Crippen LogP contribution in [-0.4, -0.2) is 17.8 Å². The van der Waals surface area contributed by atoms with Gasteiger partial charge in [0.2, 0.25) is 0 Å². The van der Waals surface area contributed by atoms with E-state index in [9.17, 15) is 5.11 Å². The zero-order chi connectivity index (χ0) is 12.1. The summed E-state index contributed by atoms with van der Waals surface area (Å²) >= 11 is 3.50. The Hall–Kier alpha value is -0.680. The fraction of sp³-hybridized carbons (Fsp3) is 0.385. The lowest BCUT2D eigenvalue weighted by atomic mass is 10.2. The van der Waals surface area contributed by atoms with E-state index in [4.69, 9.17) is 0 Å². The zero-order valence-corrected chi connectivity index (χ0v) is 11.4. The van der Waals surface area contributed by atoms with Crippen molar-refractivity contribution in [3.8, 4) is 0 Å². The molecule has 0 bridgehead atoms. The van der Waals surface area contributed by atoms with E-state index in [1.807, 2.05) is 6.92 Å². The lowest BCUT2D eigenvalue weighted by molar-refractivity contribution is 0.165. The van der Waals surface area contributed by atoms with E-state index < -0.39 is 0 Å². The van der Waals surface area contributed by atoms with Crippen molar-refractivity contribution >= 4 is 22.7 Å². The third-order valence-corrected chi connectivity index (χ3v) is 4.56. The van der Waals surface area contributed by atoms with Gasteiger partial charge in [0.1, 0.15) is 0 Å². The molecule has 0 saturated heterocycles. The van der Waals surface area contributed by atoms with Gasteiger partial charge in [-0.3, -0.25) is 0 Å². The van der Waals surface area contributed by atoms with Gasteiger partial charge in [-0.25, -0.2) is 0 Å². The molecule has 0 aromatic carbocycles. The van der Waals surface area contributed by atoms with Gasteiger partial charge in [0, 0.05) is 16.3 Å². The van der Waals surface area contributed by atoms with Crippen LogP contribution < -0.4 is 5.32 Å². The van der Waals surface area contributed by atoms with Gasteiger partial charge in [-0.15, -0.1) is 22.7 Å². The molecule has 17 heavy (non-hydrogen) atoms. The number of thiophene rings is 2. The van der Waals surface area contributed by atoms with Crippen LogP contribution in [0, 0.1) is 0 Å². The van der Waals surface area contributed by atoms with Crippen LogP contribution >= 0.6 is 22.7 Å². The predicted molar refractivity (Wildman–Crippen MR) is 74.8 cm³/mol. The molecule has 2 aromatic heterocycles. The third-order valence-electron chi connectivity index (χ3n) is 2.68. The number of aliphatic hydroxyl groups excluding tert-OH is 1. The summed E-state index contributed by atoms with van der Waals surface area (Å²) in [5.74, 6) is 0. The summed E-state index contributed by atoms with van der Waals surface area (Å²) in [6.07, 6.45) is 0.520. The molecule has 4 heteroatoms. The highest BCUT2D eigenvalue weighted by atomic mass is 32.1. The van der Waals surface area contributed by atoms with Crippen LogP contribution in [-0.2, 0) is 0 Å². The minimum atomic E-state index is -0.266. The Balaban J connectivity index is 2.09. The molecule has 0 aliphatic heterocycles. The Morgan fingerprint density at radius 1 is 1.18 bits per heavy atom. The third kappa shape index (κ3) is 3.39. The van der Waals surface area contributed by atoms with Crippen LogP contribution in [0.1, 0.15) is 29.1 Å². The molecule has 0 aliphatic rings. The van der Waals surface area contributed by atoms with Gasteiger partial charge in [-0.1, -0.05) is 19.1 Å². The van der Waals surface area contributed by atoms with Crippen molar-refractivity contribution in [2.24, 2.45) is 0 Å². The minimum absolute atomic E-state index is 0.219. The van der Waals surface area contributed by atoms with Gasteiger partial charge in [-0.05, 0) is 29.3 Å². The number of nitrogens with one attached hydrogen (secondary N) is 1. The topological polar surface area (TPSA) is 32.3 Å². The molecule has 1 unspecified atom stereocenters. The van der Waals surface area contributed by atoms with Crippen molar-refractivity contribution in [3.05, 3.63) is 44.8 Å². The van der Waals surface area contributed by atoms with E-state index in [1.165, 1.54) is 9.75 Å². The second kappa shape index (κ2) is 6.31. The standard InChI is InChI=1S/C13H17NOS2/c1-2-10(15)9-14-13(11-5-3-7-16-11)12-6-4-8-17-12/h3-8,10,13-15H,2,9H2,1H3. The molecule has 2 heterocycles. The molecule has 2 N–H and O–H groups in total. The highest BCUT2D eigenvalue weighted by molar-refractivity contribution is 7.11. The Morgan fingerprint density at radius 3 is 2.18 bits per heavy atom. The van der Waals surface area contributed by atoms with Crippen LogP contribution in [0.5, 0.6) is 0 Å². The van der Waals surface area contributed by atoms with Crippen molar-refractivity contribution in [1.82, 2.24) is 5.32 Å². The molecule has 0 amide bonds. The molecule has 0 saturated carbocycles. The van der Waals surface area contributed by atoms with Crippen LogP contribution in [0.15, 0.2) is 35.0 Å². The Bertz CT molecular complexity index is 376. The van der Waals surface area contributed by atoms with Gasteiger partial charge in [0.05, 0.1) is 12.1 Å². The first-order chi connectivity index (χ1) is 8.31. The van der Waals surface area contributed by atoms with E-state index in [2.05, 4.69) is 40.3 Å². The van der Waals surface area contributed by atoms with Crippen LogP contribution in [0.3, 0.4) is 0 Å². The molecule has 0 fully saturated rings.